The molecule has 0 saturated carbocycles. The molecule has 28 heavy (non-hydrogen) atoms. The smallest absolute Gasteiger partial charge is 0.231 e. The second-order valence-corrected chi connectivity index (χ2v) is 6.20. The summed E-state index contributed by atoms with van der Waals surface area (Å²) in [6, 6.07) is 15.5. The van der Waals surface area contributed by atoms with E-state index in [0.717, 1.165) is 5.56 Å². The fourth-order valence-electron chi connectivity index (χ4n) is 2.94. The Kier molecular flexibility index (Phi) is 5.76. The van der Waals surface area contributed by atoms with Crippen molar-refractivity contribution in [3.63, 3.8) is 0 Å². The lowest BCUT2D eigenvalue weighted by Crippen LogP contribution is -3.00. The number of aromatic nitrogens is 1. The molecule has 0 aliphatic carbocycles. The van der Waals surface area contributed by atoms with Crippen molar-refractivity contribution in [1.82, 2.24) is 0 Å². The van der Waals surface area contributed by atoms with Crippen molar-refractivity contribution in [2.24, 2.45) is 0 Å². The fraction of sp³-hybridized carbons (Fsp3) is 0.0909. The summed E-state index contributed by atoms with van der Waals surface area (Å²) in [5, 5.41) is 0. The number of benzene rings is 2. The summed E-state index contributed by atoms with van der Waals surface area (Å²) in [5.41, 5.74) is 1.96. The molecule has 0 saturated heterocycles. The van der Waals surface area contributed by atoms with E-state index in [0.29, 0.717) is 29.2 Å². The van der Waals surface area contributed by atoms with E-state index in [4.69, 9.17) is 9.47 Å². The molecule has 2 aromatic carbocycles. The average molecular weight is 398 g/mol. The van der Waals surface area contributed by atoms with Gasteiger partial charge < -0.3 is 21.9 Å². The Hall–Kier alpha value is -3.18. The first-order valence-corrected chi connectivity index (χ1v) is 8.49. The third-order valence-corrected chi connectivity index (χ3v) is 4.40. The Bertz CT molecular complexity index is 1050. The van der Waals surface area contributed by atoms with Crippen LogP contribution in [0.2, 0.25) is 0 Å². The number of allylic oxidation sites excluding steroid dienone is 1. The molecular formula is C22H17ClFNO3. The lowest BCUT2D eigenvalue weighted by molar-refractivity contribution is -0.688. The van der Waals surface area contributed by atoms with Crippen molar-refractivity contribution in [3.05, 3.63) is 95.3 Å². The van der Waals surface area contributed by atoms with Crippen LogP contribution in [0.4, 0.5) is 4.39 Å². The first kappa shape index (κ1) is 19.6. The predicted molar refractivity (Wildman–Crippen MR) is 98.1 cm³/mol. The van der Waals surface area contributed by atoms with Crippen LogP contribution in [0.3, 0.4) is 0 Å². The Morgan fingerprint density at radius 2 is 1.86 bits per heavy atom. The van der Waals surface area contributed by atoms with E-state index in [2.05, 4.69) is 0 Å². The van der Waals surface area contributed by atoms with Crippen molar-refractivity contribution in [1.29, 1.82) is 0 Å². The van der Waals surface area contributed by atoms with Crippen molar-refractivity contribution >= 4 is 11.9 Å². The third kappa shape index (κ3) is 3.89. The molecule has 1 aliphatic rings. The average Bonchev–Trinajstić information content (AvgIpc) is 3.00. The zero-order chi connectivity index (χ0) is 18.8. The van der Waals surface area contributed by atoms with Crippen molar-refractivity contribution < 1.29 is 35.6 Å². The van der Waals surface area contributed by atoms with E-state index in [1.54, 1.807) is 43.5 Å². The SMILES string of the molecule is COc1ccc2c(c1)O/C(=C\c1cc[n+](Cc3ccccc3F)cc1)C2=O.[Cl-]. The molecule has 4 nitrogen and oxygen atoms in total. The van der Waals surface area contributed by atoms with E-state index in [9.17, 15) is 9.18 Å². The summed E-state index contributed by atoms with van der Waals surface area (Å²) in [5.74, 6) is 1.02. The lowest BCUT2D eigenvalue weighted by Gasteiger charge is -2.02. The first-order chi connectivity index (χ1) is 13.1. The van der Waals surface area contributed by atoms with Crippen LogP contribution in [-0.2, 0) is 6.54 Å². The van der Waals surface area contributed by atoms with Crippen LogP contribution in [-0.4, -0.2) is 12.9 Å². The van der Waals surface area contributed by atoms with E-state index in [-0.39, 0.29) is 29.8 Å². The highest BCUT2D eigenvalue weighted by Gasteiger charge is 2.27. The van der Waals surface area contributed by atoms with Gasteiger partial charge in [-0.2, -0.15) is 0 Å². The van der Waals surface area contributed by atoms with Gasteiger partial charge in [0.25, 0.3) is 0 Å². The van der Waals surface area contributed by atoms with Gasteiger partial charge in [-0.15, -0.1) is 0 Å². The highest BCUT2D eigenvalue weighted by Crippen LogP contribution is 2.34. The molecule has 4 rings (SSSR count). The van der Waals surface area contributed by atoms with Gasteiger partial charge in [0.15, 0.2) is 24.7 Å². The summed E-state index contributed by atoms with van der Waals surface area (Å²) >= 11 is 0. The number of methoxy groups -OCH3 is 1. The second-order valence-electron chi connectivity index (χ2n) is 6.20. The molecule has 1 aromatic heterocycles. The summed E-state index contributed by atoms with van der Waals surface area (Å²) in [7, 11) is 1.57. The normalized spacial score (nSPS) is 13.6. The molecule has 1 aliphatic heterocycles. The number of nitrogens with zero attached hydrogens (tertiary/aromatic N) is 1. The van der Waals surface area contributed by atoms with Crippen LogP contribution in [0.5, 0.6) is 11.5 Å². The molecule has 6 heteroatoms. The number of ether oxygens (including phenoxy) is 2. The molecule has 2 heterocycles. The monoisotopic (exact) mass is 397 g/mol. The fourth-order valence-corrected chi connectivity index (χ4v) is 2.94. The van der Waals surface area contributed by atoms with E-state index >= 15 is 0 Å². The summed E-state index contributed by atoms with van der Waals surface area (Å²) in [6.07, 6.45) is 5.38. The summed E-state index contributed by atoms with van der Waals surface area (Å²) in [6.45, 7) is 0.435. The van der Waals surface area contributed by atoms with Crippen LogP contribution < -0.4 is 26.4 Å². The number of hydrogen-bond acceptors (Lipinski definition) is 3. The van der Waals surface area contributed by atoms with Gasteiger partial charge in [-0.25, -0.2) is 8.96 Å². The molecule has 0 radical (unpaired) electrons. The zero-order valence-electron chi connectivity index (χ0n) is 15.1. The predicted octanol–water partition coefficient (Wildman–Crippen LogP) is 0.790. The molecular weight excluding hydrogens is 381 g/mol. The van der Waals surface area contributed by atoms with Gasteiger partial charge in [0, 0.05) is 18.2 Å². The number of carbonyl (C=O) groups is 1. The third-order valence-electron chi connectivity index (χ3n) is 4.40. The number of ketones is 1. The van der Waals surface area contributed by atoms with Crippen LogP contribution >= 0.6 is 0 Å². The van der Waals surface area contributed by atoms with E-state index < -0.39 is 0 Å². The van der Waals surface area contributed by atoms with E-state index in [1.807, 2.05) is 35.2 Å². The van der Waals surface area contributed by atoms with Gasteiger partial charge in [-0.1, -0.05) is 12.1 Å². The maximum Gasteiger partial charge on any atom is 0.231 e. The molecule has 0 N–H and O–H groups in total. The minimum Gasteiger partial charge on any atom is -1.00 e. The Morgan fingerprint density at radius 1 is 1.11 bits per heavy atom. The number of Topliss-reactive ketones (excluding diaryl/α,β-unsaturated/α-hetero) is 1. The molecule has 0 unspecified atom stereocenters. The number of rotatable bonds is 4. The van der Waals surface area contributed by atoms with Crippen molar-refractivity contribution in [2.45, 2.75) is 6.54 Å². The van der Waals surface area contributed by atoms with Crippen LogP contribution in [0.15, 0.2) is 72.8 Å². The van der Waals surface area contributed by atoms with Gasteiger partial charge in [0.2, 0.25) is 5.78 Å². The first-order valence-electron chi connectivity index (χ1n) is 8.49. The van der Waals surface area contributed by atoms with E-state index in [1.165, 1.54) is 6.07 Å². The number of carbonyl (C=O) groups excluding carboxylic acids is 1. The Labute approximate surface area is 168 Å². The van der Waals surface area contributed by atoms with Gasteiger partial charge in [-0.05, 0) is 35.9 Å². The highest BCUT2D eigenvalue weighted by molar-refractivity contribution is 6.14. The molecule has 0 fully saturated rings. The van der Waals surface area contributed by atoms with Crippen LogP contribution in [0.1, 0.15) is 21.5 Å². The van der Waals surface area contributed by atoms with Crippen molar-refractivity contribution in [2.75, 3.05) is 7.11 Å². The van der Waals surface area contributed by atoms with Crippen molar-refractivity contribution in [3.8, 4) is 11.5 Å². The van der Waals surface area contributed by atoms with Crippen LogP contribution in [0, 0.1) is 5.82 Å². The second kappa shape index (κ2) is 8.23. The highest BCUT2D eigenvalue weighted by atomic mass is 35.5. The molecule has 0 amide bonds. The number of pyridine rings is 1. The van der Waals surface area contributed by atoms with Gasteiger partial charge in [0.05, 0.1) is 18.2 Å². The number of fused-ring (bicyclic) bond motifs is 1. The molecule has 0 bridgehead atoms. The standard InChI is InChI=1S/C22H17FNO3.ClH/c1-26-17-6-7-18-20(13-17)27-21(22(18)25)12-15-8-10-24(11-9-15)14-16-4-2-3-5-19(16)23;/h2-13H,14H2,1H3;1H/q+1;/p-1/b21-12-;. The van der Waals surface area contributed by atoms with Gasteiger partial charge in [0.1, 0.15) is 17.3 Å². The largest absolute Gasteiger partial charge is 1.00 e. The molecule has 3 aromatic rings. The minimum absolute atomic E-state index is 0. The summed E-state index contributed by atoms with van der Waals surface area (Å²) in [4.78, 5) is 12.5. The topological polar surface area (TPSA) is 39.4 Å². The summed E-state index contributed by atoms with van der Waals surface area (Å²) < 4.78 is 26.5. The molecule has 0 spiro atoms. The maximum atomic E-state index is 13.8. The lowest BCUT2D eigenvalue weighted by atomic mass is 10.1. The maximum absolute atomic E-state index is 13.8. The van der Waals surface area contributed by atoms with Crippen LogP contribution in [0.25, 0.3) is 6.08 Å². The van der Waals surface area contributed by atoms with Gasteiger partial charge >= 0.3 is 0 Å². The number of hydrogen-bond donors (Lipinski definition) is 0. The van der Waals surface area contributed by atoms with Gasteiger partial charge in [-0.3, -0.25) is 4.79 Å². The zero-order valence-corrected chi connectivity index (χ0v) is 15.8. The molecule has 142 valence electrons. The molecule has 0 atom stereocenters. The Morgan fingerprint density at radius 3 is 2.57 bits per heavy atom. The Balaban J connectivity index is 0.00000225. The quantitative estimate of drug-likeness (QED) is 0.483. The minimum atomic E-state index is -0.227. The number of halogens is 2.